The van der Waals surface area contributed by atoms with E-state index < -0.39 is 45.6 Å². The Morgan fingerprint density at radius 1 is 1.26 bits per heavy atom. The van der Waals surface area contributed by atoms with Crippen molar-refractivity contribution >= 4 is 34.5 Å². The SMILES string of the molecule is CC(C)(C)[S+]([O-])NC(CC(=O)CC(=O)O)(c1ccsc1)c1ccccc1F. The molecule has 2 unspecified atom stereocenters. The minimum Gasteiger partial charge on any atom is -0.598 e. The van der Waals surface area contributed by atoms with Crippen molar-refractivity contribution in [2.24, 2.45) is 0 Å². The van der Waals surface area contributed by atoms with E-state index in [1.54, 1.807) is 43.7 Å². The standard InChI is InChI=1S/C19H22FNO4S2/c1-18(2,3)27(25)21-19(13-8-9-26-12-13,11-14(22)10-17(23)24)15-6-4-5-7-16(15)20/h4-9,12,21H,10-11H2,1-3H3,(H,23,24). The molecule has 1 aromatic carbocycles. The summed E-state index contributed by atoms with van der Waals surface area (Å²) >= 11 is -0.287. The number of ketones is 1. The lowest BCUT2D eigenvalue weighted by atomic mass is 9.80. The molecule has 0 aliphatic carbocycles. The maximum Gasteiger partial charge on any atom is 0.310 e. The molecule has 2 atom stereocenters. The highest BCUT2D eigenvalue weighted by atomic mass is 32.2. The monoisotopic (exact) mass is 411 g/mol. The fourth-order valence-corrected chi connectivity index (χ4v) is 4.31. The normalized spacial score (nSPS) is 15.1. The van der Waals surface area contributed by atoms with Crippen molar-refractivity contribution in [3.8, 4) is 0 Å². The summed E-state index contributed by atoms with van der Waals surface area (Å²) in [5, 5.41) is 12.5. The van der Waals surface area contributed by atoms with Crippen LogP contribution in [0, 0.1) is 5.82 Å². The highest BCUT2D eigenvalue weighted by Crippen LogP contribution is 2.38. The molecule has 0 radical (unpaired) electrons. The first kappa shape index (κ1) is 21.6. The van der Waals surface area contributed by atoms with E-state index in [9.17, 15) is 18.5 Å². The van der Waals surface area contributed by atoms with E-state index in [-0.39, 0.29) is 12.0 Å². The number of benzene rings is 1. The molecule has 0 amide bonds. The summed E-state index contributed by atoms with van der Waals surface area (Å²) in [5.74, 6) is -2.41. The third kappa shape index (κ3) is 5.16. The number of aliphatic carboxylic acids is 1. The van der Waals surface area contributed by atoms with Crippen LogP contribution >= 0.6 is 11.3 Å². The van der Waals surface area contributed by atoms with Crippen LogP contribution in [0.3, 0.4) is 0 Å². The number of thiophene rings is 1. The quantitative estimate of drug-likeness (QED) is 0.512. The van der Waals surface area contributed by atoms with Crippen molar-refractivity contribution in [2.45, 2.75) is 43.9 Å². The number of carboxylic acids is 1. The summed E-state index contributed by atoms with van der Waals surface area (Å²) in [6, 6.07) is 7.66. The zero-order valence-corrected chi connectivity index (χ0v) is 17.0. The van der Waals surface area contributed by atoms with Crippen LogP contribution in [-0.2, 0) is 26.5 Å². The number of halogens is 1. The average Bonchev–Trinajstić information content (AvgIpc) is 3.07. The first-order valence-electron chi connectivity index (χ1n) is 8.27. The Morgan fingerprint density at radius 3 is 2.44 bits per heavy atom. The number of rotatable bonds is 8. The van der Waals surface area contributed by atoms with Gasteiger partial charge in [0.1, 0.15) is 28.3 Å². The maximum atomic E-state index is 14.8. The van der Waals surface area contributed by atoms with Gasteiger partial charge in [0.05, 0.1) is 0 Å². The van der Waals surface area contributed by atoms with Gasteiger partial charge in [-0.2, -0.15) is 11.3 Å². The molecule has 0 spiro atoms. The molecule has 0 saturated carbocycles. The number of hydrogen-bond acceptors (Lipinski definition) is 5. The lowest BCUT2D eigenvalue weighted by molar-refractivity contribution is -0.140. The van der Waals surface area contributed by atoms with E-state index in [4.69, 9.17) is 5.11 Å². The molecule has 0 aliphatic rings. The van der Waals surface area contributed by atoms with E-state index in [1.807, 2.05) is 0 Å². The molecule has 2 aromatic rings. The van der Waals surface area contributed by atoms with Gasteiger partial charge in [-0.05, 0) is 49.2 Å². The predicted molar refractivity (Wildman–Crippen MR) is 104 cm³/mol. The van der Waals surface area contributed by atoms with Gasteiger partial charge >= 0.3 is 5.97 Å². The van der Waals surface area contributed by atoms with Gasteiger partial charge in [0.2, 0.25) is 0 Å². The lowest BCUT2D eigenvalue weighted by Gasteiger charge is -2.37. The molecule has 5 nitrogen and oxygen atoms in total. The summed E-state index contributed by atoms with van der Waals surface area (Å²) in [7, 11) is 0. The van der Waals surface area contributed by atoms with Gasteiger partial charge in [0.15, 0.2) is 0 Å². The molecule has 2 N–H and O–H groups in total. The van der Waals surface area contributed by atoms with E-state index in [0.29, 0.717) is 5.56 Å². The fourth-order valence-electron chi connectivity index (χ4n) is 2.66. The minimum absolute atomic E-state index is 0.153. The second kappa shape index (κ2) is 8.52. The third-order valence-corrected chi connectivity index (χ3v) is 6.31. The van der Waals surface area contributed by atoms with Crippen LogP contribution in [0.2, 0.25) is 0 Å². The van der Waals surface area contributed by atoms with Gasteiger partial charge in [-0.15, -0.1) is 4.72 Å². The van der Waals surface area contributed by atoms with Gasteiger partial charge in [-0.3, -0.25) is 9.59 Å². The zero-order valence-electron chi connectivity index (χ0n) is 15.3. The van der Waals surface area contributed by atoms with E-state index in [2.05, 4.69) is 4.72 Å². The smallest absolute Gasteiger partial charge is 0.310 e. The molecule has 8 heteroatoms. The summed E-state index contributed by atoms with van der Waals surface area (Å²) in [6.45, 7) is 5.28. The topological polar surface area (TPSA) is 89.5 Å². The fraction of sp³-hybridized carbons (Fsp3) is 0.368. The van der Waals surface area contributed by atoms with Crippen molar-refractivity contribution in [3.63, 3.8) is 0 Å². The Bertz CT molecular complexity index is 804. The number of carbonyl (C=O) groups excluding carboxylic acids is 1. The second-order valence-electron chi connectivity index (χ2n) is 7.17. The predicted octanol–water partition coefficient (Wildman–Crippen LogP) is 3.62. The Labute approximate surface area is 164 Å². The van der Waals surface area contributed by atoms with Gasteiger partial charge in [-0.25, -0.2) is 4.39 Å². The first-order valence-corrected chi connectivity index (χ1v) is 10.4. The van der Waals surface area contributed by atoms with Crippen molar-refractivity contribution in [1.82, 2.24) is 4.72 Å². The molecule has 0 bridgehead atoms. The van der Waals surface area contributed by atoms with E-state index >= 15 is 0 Å². The number of Topliss-reactive ketones (excluding diaryl/α,β-unsaturated/α-hetero) is 1. The number of carboxylic acid groups (broad SMARTS) is 1. The van der Waals surface area contributed by atoms with Crippen LogP contribution in [0.25, 0.3) is 0 Å². The highest BCUT2D eigenvalue weighted by molar-refractivity contribution is 7.90. The molecule has 2 rings (SSSR count). The minimum atomic E-state index is -1.64. The Balaban J connectivity index is 2.64. The average molecular weight is 412 g/mol. The maximum absolute atomic E-state index is 14.8. The molecule has 27 heavy (non-hydrogen) atoms. The first-order chi connectivity index (χ1) is 12.6. The van der Waals surface area contributed by atoms with Crippen molar-refractivity contribution in [2.75, 3.05) is 0 Å². The van der Waals surface area contributed by atoms with Crippen LogP contribution in [0.4, 0.5) is 4.39 Å². The van der Waals surface area contributed by atoms with Crippen LogP contribution in [0.1, 0.15) is 44.7 Å². The molecule has 146 valence electrons. The van der Waals surface area contributed by atoms with Gasteiger partial charge < -0.3 is 9.66 Å². The van der Waals surface area contributed by atoms with Crippen LogP contribution in [0.15, 0.2) is 41.1 Å². The molecular weight excluding hydrogens is 389 g/mol. The molecular formula is C19H22FNO4S2. The van der Waals surface area contributed by atoms with Crippen molar-refractivity contribution in [1.29, 1.82) is 0 Å². The zero-order chi connectivity index (χ0) is 20.2. The van der Waals surface area contributed by atoms with Crippen LogP contribution < -0.4 is 4.72 Å². The lowest BCUT2D eigenvalue weighted by Crippen LogP contribution is -2.53. The molecule has 1 aromatic heterocycles. The van der Waals surface area contributed by atoms with Gasteiger partial charge in [0, 0.05) is 23.3 Å². The number of carbonyl (C=O) groups is 2. The summed E-state index contributed by atoms with van der Waals surface area (Å²) < 4.78 is 30.0. The van der Waals surface area contributed by atoms with Gasteiger partial charge in [0.25, 0.3) is 0 Å². The Hall–Kier alpha value is -1.74. The summed E-state index contributed by atoms with van der Waals surface area (Å²) in [6.07, 6.45) is -1.02. The van der Waals surface area contributed by atoms with Gasteiger partial charge in [-0.1, -0.05) is 18.2 Å². The van der Waals surface area contributed by atoms with Crippen LogP contribution in [-0.4, -0.2) is 26.2 Å². The third-order valence-electron chi connectivity index (χ3n) is 3.98. The largest absolute Gasteiger partial charge is 0.598 e. The molecule has 0 fully saturated rings. The number of nitrogens with one attached hydrogen (secondary N) is 1. The van der Waals surface area contributed by atoms with E-state index in [0.717, 1.165) is 0 Å². The highest BCUT2D eigenvalue weighted by Gasteiger charge is 2.45. The number of hydrogen-bond donors (Lipinski definition) is 2. The van der Waals surface area contributed by atoms with Crippen molar-refractivity contribution < 1.29 is 23.6 Å². The second-order valence-corrected chi connectivity index (χ2v) is 9.91. The molecule has 0 aliphatic heterocycles. The summed E-state index contributed by atoms with van der Waals surface area (Å²) in [5.41, 5.74) is -0.718. The van der Waals surface area contributed by atoms with E-state index in [1.165, 1.54) is 29.5 Å². The summed E-state index contributed by atoms with van der Waals surface area (Å²) in [4.78, 5) is 23.4. The molecule has 0 saturated heterocycles. The van der Waals surface area contributed by atoms with Crippen LogP contribution in [0.5, 0.6) is 0 Å². The Morgan fingerprint density at radius 2 is 1.93 bits per heavy atom. The molecule has 1 heterocycles. The van der Waals surface area contributed by atoms with Crippen molar-refractivity contribution in [3.05, 3.63) is 58.0 Å². The Kier molecular flexibility index (Phi) is 6.80.